The van der Waals surface area contributed by atoms with E-state index >= 15 is 0 Å². The van der Waals surface area contributed by atoms with E-state index in [9.17, 15) is 9.59 Å². The Kier molecular flexibility index (Phi) is 4.68. The van der Waals surface area contributed by atoms with Crippen molar-refractivity contribution in [2.75, 3.05) is 5.32 Å². The number of carbonyl (C=O) groups is 2. The second kappa shape index (κ2) is 6.67. The van der Waals surface area contributed by atoms with Gasteiger partial charge in [-0.2, -0.15) is 0 Å². The molecule has 2 aromatic rings. The number of amides is 1. The van der Waals surface area contributed by atoms with Gasteiger partial charge < -0.3 is 9.84 Å². The summed E-state index contributed by atoms with van der Waals surface area (Å²) in [5.41, 5.74) is 0.405. The molecule has 0 aliphatic heterocycles. The highest BCUT2D eigenvalue weighted by molar-refractivity contribution is 6.33. The molecule has 2 rings (SSSR count). The summed E-state index contributed by atoms with van der Waals surface area (Å²) in [5.74, 6) is -1.57. The predicted molar refractivity (Wildman–Crippen MR) is 74.3 cm³/mol. The second-order valence-corrected chi connectivity index (χ2v) is 4.24. The molecular weight excluding hydrogens is 298 g/mol. The number of rotatable bonds is 4. The zero-order chi connectivity index (χ0) is 15.2. The van der Waals surface area contributed by atoms with Crippen LogP contribution in [-0.4, -0.2) is 27.1 Å². The quantitative estimate of drug-likeness (QED) is 0.842. The highest BCUT2D eigenvalue weighted by Gasteiger charge is 2.19. The fraction of sp³-hybridized carbons (Fsp3) is 0.0769. The van der Waals surface area contributed by atoms with E-state index in [1.165, 1.54) is 0 Å². The van der Waals surface area contributed by atoms with E-state index in [-0.39, 0.29) is 17.6 Å². The highest BCUT2D eigenvalue weighted by Crippen LogP contribution is 2.19. The maximum atomic E-state index is 11.6. The molecule has 1 amide bonds. The summed E-state index contributed by atoms with van der Waals surface area (Å²) in [4.78, 5) is 29.9. The fourth-order valence-electron chi connectivity index (χ4n) is 1.50. The van der Waals surface area contributed by atoms with E-state index in [1.54, 1.807) is 12.1 Å². The molecular formula is C13H10ClN3O4. The number of hydrogen-bond donors (Lipinski definition) is 2. The van der Waals surface area contributed by atoms with Crippen LogP contribution in [-0.2, 0) is 11.3 Å². The number of halogens is 1. The van der Waals surface area contributed by atoms with Gasteiger partial charge in [0.1, 0.15) is 23.7 Å². The van der Waals surface area contributed by atoms with Crippen LogP contribution in [0.15, 0.2) is 36.7 Å². The first-order chi connectivity index (χ1) is 10.1. The van der Waals surface area contributed by atoms with Crippen LogP contribution in [0.3, 0.4) is 0 Å². The van der Waals surface area contributed by atoms with Crippen LogP contribution in [0.5, 0.6) is 0 Å². The van der Waals surface area contributed by atoms with Gasteiger partial charge in [0.05, 0.1) is 0 Å². The van der Waals surface area contributed by atoms with Crippen LogP contribution in [0.25, 0.3) is 0 Å². The van der Waals surface area contributed by atoms with Gasteiger partial charge in [-0.3, -0.25) is 5.32 Å². The molecule has 2 N–H and O–H groups in total. The van der Waals surface area contributed by atoms with Crippen LogP contribution < -0.4 is 5.32 Å². The molecule has 0 bridgehead atoms. The van der Waals surface area contributed by atoms with Gasteiger partial charge in [0.15, 0.2) is 5.82 Å². The number of nitrogens with zero attached hydrogens (tertiary/aromatic N) is 2. The molecule has 0 atom stereocenters. The van der Waals surface area contributed by atoms with Gasteiger partial charge in [0.2, 0.25) is 0 Å². The molecule has 7 nitrogen and oxygen atoms in total. The third-order valence-corrected chi connectivity index (χ3v) is 2.73. The summed E-state index contributed by atoms with van der Waals surface area (Å²) in [6.45, 7) is 0.0495. The van der Waals surface area contributed by atoms with Crippen LogP contribution in [0.1, 0.15) is 15.9 Å². The van der Waals surface area contributed by atoms with Crippen molar-refractivity contribution in [1.29, 1.82) is 0 Å². The number of aromatic carboxylic acids is 1. The minimum absolute atomic E-state index is 0.0495. The number of benzene rings is 1. The molecule has 21 heavy (non-hydrogen) atoms. The molecule has 0 unspecified atom stereocenters. The largest absolute Gasteiger partial charge is 0.477 e. The molecule has 1 aromatic carbocycles. The first kappa shape index (κ1) is 14.7. The summed E-state index contributed by atoms with van der Waals surface area (Å²) in [7, 11) is 0. The lowest BCUT2D eigenvalue weighted by atomic mass is 10.2. The van der Waals surface area contributed by atoms with Crippen molar-refractivity contribution >= 4 is 29.5 Å². The van der Waals surface area contributed by atoms with E-state index < -0.39 is 17.6 Å². The maximum absolute atomic E-state index is 11.6. The Morgan fingerprint density at radius 1 is 1.24 bits per heavy atom. The van der Waals surface area contributed by atoms with Crippen molar-refractivity contribution in [2.45, 2.75) is 6.61 Å². The van der Waals surface area contributed by atoms with Gasteiger partial charge in [-0.15, -0.1) is 0 Å². The summed E-state index contributed by atoms with van der Waals surface area (Å²) >= 11 is 5.66. The molecule has 8 heteroatoms. The Labute approximate surface area is 124 Å². The molecule has 108 valence electrons. The van der Waals surface area contributed by atoms with Gasteiger partial charge in [-0.1, -0.05) is 41.9 Å². The number of hydrogen-bond acceptors (Lipinski definition) is 5. The molecule has 1 aromatic heterocycles. The second-order valence-electron chi connectivity index (χ2n) is 3.88. The number of aromatic nitrogens is 2. The molecule has 0 fully saturated rings. The lowest BCUT2D eigenvalue weighted by Gasteiger charge is -2.08. The number of ether oxygens (including phenoxy) is 1. The zero-order valence-electron chi connectivity index (χ0n) is 10.6. The number of nitrogens with one attached hydrogen (secondary N) is 1. The molecule has 1 heterocycles. The molecule has 0 spiro atoms. The van der Waals surface area contributed by atoms with Crippen molar-refractivity contribution in [2.24, 2.45) is 0 Å². The average Bonchev–Trinajstić information content (AvgIpc) is 2.46. The van der Waals surface area contributed by atoms with Crippen molar-refractivity contribution in [3.05, 3.63) is 52.9 Å². The smallest absolute Gasteiger partial charge is 0.413 e. The van der Waals surface area contributed by atoms with Crippen molar-refractivity contribution in [1.82, 2.24) is 9.97 Å². The normalized spacial score (nSPS) is 9.95. The van der Waals surface area contributed by atoms with Crippen LogP contribution >= 0.6 is 11.6 Å². The van der Waals surface area contributed by atoms with E-state index in [0.29, 0.717) is 0 Å². The van der Waals surface area contributed by atoms with Gasteiger partial charge in [0, 0.05) is 0 Å². The van der Waals surface area contributed by atoms with Crippen LogP contribution in [0, 0.1) is 0 Å². The highest BCUT2D eigenvalue weighted by atomic mass is 35.5. The van der Waals surface area contributed by atoms with Gasteiger partial charge in [-0.05, 0) is 5.56 Å². The maximum Gasteiger partial charge on any atom is 0.413 e. The third-order valence-electron chi connectivity index (χ3n) is 2.45. The SMILES string of the molecule is O=C(Nc1ncnc(Cl)c1C(=O)O)OCc1ccccc1. The Hall–Kier alpha value is -2.67. The minimum atomic E-state index is -1.35. The molecule has 0 aliphatic carbocycles. The first-order valence-electron chi connectivity index (χ1n) is 5.79. The van der Waals surface area contributed by atoms with Gasteiger partial charge in [0.25, 0.3) is 0 Å². The van der Waals surface area contributed by atoms with Gasteiger partial charge >= 0.3 is 12.1 Å². The first-order valence-corrected chi connectivity index (χ1v) is 6.17. The van der Waals surface area contributed by atoms with E-state index in [1.807, 2.05) is 18.2 Å². The van der Waals surface area contributed by atoms with Gasteiger partial charge in [-0.25, -0.2) is 19.6 Å². The standard InChI is InChI=1S/C13H10ClN3O4/c14-10-9(12(18)19)11(16-7-15-10)17-13(20)21-6-8-4-2-1-3-5-8/h1-5,7H,6H2,(H,18,19)(H,15,16,17,20). The molecule has 0 aliphatic rings. The Morgan fingerprint density at radius 2 is 1.95 bits per heavy atom. The Balaban J connectivity index is 2.03. The molecule has 0 radical (unpaired) electrons. The molecule has 0 saturated heterocycles. The zero-order valence-corrected chi connectivity index (χ0v) is 11.4. The number of carboxylic acids is 1. The summed E-state index contributed by atoms with van der Waals surface area (Å²) in [6, 6.07) is 9.03. The number of carboxylic acid groups (broad SMARTS) is 1. The lowest BCUT2D eigenvalue weighted by Crippen LogP contribution is -2.17. The van der Waals surface area contributed by atoms with E-state index in [0.717, 1.165) is 11.9 Å². The summed E-state index contributed by atoms with van der Waals surface area (Å²) < 4.78 is 4.96. The fourth-order valence-corrected chi connectivity index (χ4v) is 1.72. The summed E-state index contributed by atoms with van der Waals surface area (Å²) in [5, 5.41) is 11.0. The van der Waals surface area contributed by atoms with E-state index in [2.05, 4.69) is 15.3 Å². The average molecular weight is 308 g/mol. The predicted octanol–water partition coefficient (Wildman–Crippen LogP) is 2.58. The Morgan fingerprint density at radius 3 is 2.62 bits per heavy atom. The van der Waals surface area contributed by atoms with Crippen LogP contribution in [0.4, 0.5) is 10.6 Å². The topological polar surface area (TPSA) is 101 Å². The lowest BCUT2D eigenvalue weighted by molar-refractivity contribution is 0.0697. The third kappa shape index (κ3) is 3.90. The van der Waals surface area contributed by atoms with Crippen molar-refractivity contribution in [3.63, 3.8) is 0 Å². The Bertz CT molecular complexity index is 664. The number of carbonyl (C=O) groups excluding carboxylic acids is 1. The monoisotopic (exact) mass is 307 g/mol. The summed E-state index contributed by atoms with van der Waals surface area (Å²) in [6.07, 6.45) is 0.206. The molecule has 0 saturated carbocycles. The van der Waals surface area contributed by atoms with Crippen LogP contribution in [0.2, 0.25) is 5.15 Å². The van der Waals surface area contributed by atoms with E-state index in [4.69, 9.17) is 21.4 Å². The number of anilines is 1. The minimum Gasteiger partial charge on any atom is -0.477 e. The van der Waals surface area contributed by atoms with Crippen molar-refractivity contribution in [3.8, 4) is 0 Å². The van der Waals surface area contributed by atoms with Crippen molar-refractivity contribution < 1.29 is 19.4 Å².